The summed E-state index contributed by atoms with van der Waals surface area (Å²) >= 11 is 1.94. The third-order valence-electron chi connectivity index (χ3n) is 4.99. The van der Waals surface area contributed by atoms with Gasteiger partial charge >= 0.3 is 0 Å². The van der Waals surface area contributed by atoms with Gasteiger partial charge in [-0.1, -0.05) is 65.2 Å². The maximum absolute atomic E-state index is 6.20. The van der Waals surface area contributed by atoms with Crippen molar-refractivity contribution in [2.24, 2.45) is 5.73 Å². The number of unbranched alkanes of at least 4 members (excludes halogenated alkanes) is 6. The molecule has 1 aliphatic rings. The van der Waals surface area contributed by atoms with E-state index in [2.05, 4.69) is 25.7 Å². The predicted octanol–water partition coefficient (Wildman–Crippen LogP) is 5.02. The number of hydrogen-bond donors (Lipinski definition) is 1. The van der Waals surface area contributed by atoms with Crippen LogP contribution in [-0.2, 0) is 0 Å². The van der Waals surface area contributed by atoms with E-state index in [1.807, 2.05) is 11.8 Å². The van der Waals surface area contributed by atoms with Gasteiger partial charge in [0.25, 0.3) is 0 Å². The molecule has 0 aromatic carbocycles. The highest BCUT2D eigenvalue weighted by Gasteiger charge is 2.33. The molecule has 0 spiro atoms. The summed E-state index contributed by atoms with van der Waals surface area (Å²) in [5.41, 5.74) is 6.58. The Labute approximate surface area is 137 Å². The summed E-state index contributed by atoms with van der Waals surface area (Å²) in [5.74, 6) is 1.21. The Kier molecular flexibility index (Phi) is 10.0. The standard InChI is InChI=1S/C18H38N2S/c1-4-6-8-10-12-18(3,13-11-9-7-5-2)20-14-15-21-17(19)16-20/h17H,4-16,19H2,1-3H3. The van der Waals surface area contributed by atoms with Crippen molar-refractivity contribution in [2.75, 3.05) is 18.8 Å². The van der Waals surface area contributed by atoms with Gasteiger partial charge in [0.15, 0.2) is 0 Å². The average molecular weight is 315 g/mol. The van der Waals surface area contributed by atoms with Crippen molar-refractivity contribution in [3.63, 3.8) is 0 Å². The van der Waals surface area contributed by atoms with E-state index in [0.29, 0.717) is 10.9 Å². The molecule has 0 saturated carbocycles. The van der Waals surface area contributed by atoms with Gasteiger partial charge in [-0.25, -0.2) is 0 Å². The number of nitrogens with zero attached hydrogens (tertiary/aromatic N) is 1. The van der Waals surface area contributed by atoms with E-state index < -0.39 is 0 Å². The Balaban J connectivity index is 2.49. The van der Waals surface area contributed by atoms with Crippen molar-refractivity contribution in [2.45, 2.75) is 95.9 Å². The molecule has 126 valence electrons. The molecule has 0 aromatic heterocycles. The largest absolute Gasteiger partial charge is 0.318 e. The summed E-state index contributed by atoms with van der Waals surface area (Å²) in [4.78, 5) is 2.71. The van der Waals surface area contributed by atoms with Crippen LogP contribution in [0.4, 0.5) is 0 Å². The minimum atomic E-state index is 0.323. The first-order valence-electron chi connectivity index (χ1n) is 9.24. The number of thioether (sulfide) groups is 1. The Morgan fingerprint density at radius 3 is 2.05 bits per heavy atom. The van der Waals surface area contributed by atoms with Crippen molar-refractivity contribution >= 4 is 11.8 Å². The van der Waals surface area contributed by atoms with Gasteiger partial charge in [0.2, 0.25) is 0 Å². The van der Waals surface area contributed by atoms with E-state index in [1.165, 1.54) is 76.5 Å². The lowest BCUT2D eigenvalue weighted by molar-refractivity contribution is 0.0838. The monoisotopic (exact) mass is 314 g/mol. The second-order valence-corrected chi connectivity index (χ2v) is 8.32. The first-order chi connectivity index (χ1) is 10.1. The topological polar surface area (TPSA) is 29.3 Å². The quantitative estimate of drug-likeness (QED) is 0.543. The highest BCUT2D eigenvalue weighted by atomic mass is 32.2. The van der Waals surface area contributed by atoms with Gasteiger partial charge in [-0.05, 0) is 19.8 Å². The maximum Gasteiger partial charge on any atom is 0.0636 e. The van der Waals surface area contributed by atoms with Gasteiger partial charge in [0.05, 0.1) is 5.37 Å². The molecule has 3 heteroatoms. The van der Waals surface area contributed by atoms with Crippen molar-refractivity contribution < 1.29 is 0 Å². The van der Waals surface area contributed by atoms with Crippen LogP contribution in [0.3, 0.4) is 0 Å². The average Bonchev–Trinajstić information content (AvgIpc) is 2.48. The molecular formula is C18H38N2S. The summed E-state index contributed by atoms with van der Waals surface area (Å²) in [7, 11) is 0. The fourth-order valence-electron chi connectivity index (χ4n) is 3.47. The normalized spacial score (nSPS) is 20.9. The molecule has 1 atom stereocenters. The molecule has 2 nitrogen and oxygen atoms in total. The van der Waals surface area contributed by atoms with Gasteiger partial charge in [0, 0.05) is 24.4 Å². The molecular weight excluding hydrogens is 276 g/mol. The molecule has 1 rings (SSSR count). The molecule has 0 radical (unpaired) electrons. The van der Waals surface area contributed by atoms with Crippen LogP contribution in [0.25, 0.3) is 0 Å². The second-order valence-electron chi connectivity index (χ2n) is 6.97. The molecule has 0 aliphatic carbocycles. The van der Waals surface area contributed by atoms with Gasteiger partial charge in [-0.3, -0.25) is 4.90 Å². The van der Waals surface area contributed by atoms with Crippen molar-refractivity contribution in [1.82, 2.24) is 4.90 Å². The summed E-state index contributed by atoms with van der Waals surface area (Å²) < 4.78 is 0. The van der Waals surface area contributed by atoms with Crippen molar-refractivity contribution in [1.29, 1.82) is 0 Å². The molecule has 2 N–H and O–H groups in total. The molecule has 21 heavy (non-hydrogen) atoms. The van der Waals surface area contributed by atoms with Gasteiger partial charge in [-0.2, -0.15) is 0 Å². The van der Waals surface area contributed by atoms with Crippen LogP contribution >= 0.6 is 11.8 Å². The minimum Gasteiger partial charge on any atom is -0.318 e. The van der Waals surface area contributed by atoms with Crippen LogP contribution in [0.15, 0.2) is 0 Å². The molecule has 1 unspecified atom stereocenters. The lowest BCUT2D eigenvalue weighted by Crippen LogP contribution is -2.54. The molecule has 1 saturated heterocycles. The lowest BCUT2D eigenvalue weighted by atomic mass is 9.86. The van der Waals surface area contributed by atoms with Crippen LogP contribution in [0.1, 0.15) is 85.0 Å². The fraction of sp³-hybridized carbons (Fsp3) is 1.00. The van der Waals surface area contributed by atoms with E-state index in [0.717, 1.165) is 6.54 Å². The number of rotatable bonds is 11. The minimum absolute atomic E-state index is 0.323. The molecule has 0 aromatic rings. The predicted molar refractivity (Wildman–Crippen MR) is 97.9 cm³/mol. The third-order valence-corrected chi connectivity index (χ3v) is 5.99. The number of hydrogen-bond acceptors (Lipinski definition) is 3. The smallest absolute Gasteiger partial charge is 0.0636 e. The highest BCUT2D eigenvalue weighted by Crippen LogP contribution is 2.32. The number of nitrogens with two attached hydrogens (primary N) is 1. The summed E-state index contributed by atoms with van der Waals surface area (Å²) in [5, 5.41) is 0.323. The SMILES string of the molecule is CCCCCCC(C)(CCCCCC)N1CCSC(N)C1. The van der Waals surface area contributed by atoms with E-state index >= 15 is 0 Å². The summed E-state index contributed by atoms with van der Waals surface area (Å²) in [6.45, 7) is 9.42. The van der Waals surface area contributed by atoms with Crippen LogP contribution in [0, 0.1) is 0 Å². The van der Waals surface area contributed by atoms with Crippen LogP contribution in [-0.4, -0.2) is 34.7 Å². The highest BCUT2D eigenvalue weighted by molar-refractivity contribution is 7.99. The second kappa shape index (κ2) is 10.9. The van der Waals surface area contributed by atoms with Crippen LogP contribution in [0.5, 0.6) is 0 Å². The Morgan fingerprint density at radius 1 is 1.00 bits per heavy atom. The first kappa shape index (κ1) is 19.3. The lowest BCUT2D eigenvalue weighted by Gasteiger charge is -2.45. The molecule has 1 fully saturated rings. The van der Waals surface area contributed by atoms with E-state index in [-0.39, 0.29) is 0 Å². The zero-order valence-electron chi connectivity index (χ0n) is 14.7. The summed E-state index contributed by atoms with van der Waals surface area (Å²) in [6.07, 6.45) is 13.7. The van der Waals surface area contributed by atoms with E-state index in [4.69, 9.17) is 5.73 Å². The third kappa shape index (κ3) is 7.38. The van der Waals surface area contributed by atoms with Crippen LogP contribution in [0.2, 0.25) is 0 Å². The van der Waals surface area contributed by atoms with Gasteiger partial charge in [-0.15, -0.1) is 11.8 Å². The Bertz CT molecular complexity index is 246. The first-order valence-corrected chi connectivity index (χ1v) is 10.3. The Hall–Kier alpha value is 0.270. The Morgan fingerprint density at radius 2 is 1.57 bits per heavy atom. The van der Waals surface area contributed by atoms with E-state index in [9.17, 15) is 0 Å². The van der Waals surface area contributed by atoms with Crippen molar-refractivity contribution in [3.8, 4) is 0 Å². The maximum atomic E-state index is 6.20. The zero-order chi connectivity index (χ0) is 15.6. The van der Waals surface area contributed by atoms with Gasteiger partial charge in [0.1, 0.15) is 0 Å². The molecule has 1 heterocycles. The molecule has 1 aliphatic heterocycles. The zero-order valence-corrected chi connectivity index (χ0v) is 15.5. The molecule has 0 bridgehead atoms. The van der Waals surface area contributed by atoms with Gasteiger partial charge < -0.3 is 5.73 Å². The summed E-state index contributed by atoms with van der Waals surface area (Å²) in [6, 6.07) is 0. The van der Waals surface area contributed by atoms with E-state index in [1.54, 1.807) is 0 Å². The van der Waals surface area contributed by atoms with Crippen molar-refractivity contribution in [3.05, 3.63) is 0 Å². The van der Waals surface area contributed by atoms with Crippen LogP contribution < -0.4 is 5.73 Å². The fourth-order valence-corrected chi connectivity index (χ4v) is 4.39. The molecule has 0 amide bonds.